The number of phenols is 2. The molecule has 1 heterocycles. The van der Waals surface area contributed by atoms with Gasteiger partial charge in [0.15, 0.2) is 0 Å². The molecule has 0 fully saturated rings. The number of ether oxygens (including phenoxy) is 1. The zero-order valence-corrected chi connectivity index (χ0v) is 16.1. The predicted octanol–water partition coefficient (Wildman–Crippen LogP) is 5.97. The van der Waals surface area contributed by atoms with Crippen LogP contribution in [0.2, 0.25) is 0 Å². The van der Waals surface area contributed by atoms with Crippen LogP contribution < -0.4 is 4.74 Å². The molecular formula is C25H26O3. The lowest BCUT2D eigenvalue weighted by Crippen LogP contribution is -2.31. The van der Waals surface area contributed by atoms with E-state index in [1.54, 1.807) is 18.2 Å². The first-order chi connectivity index (χ1) is 13.7. The summed E-state index contributed by atoms with van der Waals surface area (Å²) in [6.45, 7) is 2.20. The largest absolute Gasteiger partial charge is 0.508 e. The fourth-order valence-corrected chi connectivity index (χ4v) is 4.39. The van der Waals surface area contributed by atoms with Crippen LogP contribution in [0.25, 0.3) is 0 Å². The second-order valence-electron chi connectivity index (χ2n) is 7.60. The number of phenolic OH excluding ortho intramolecular Hbond substituents is 2. The van der Waals surface area contributed by atoms with Crippen LogP contribution in [-0.2, 0) is 6.42 Å². The van der Waals surface area contributed by atoms with E-state index < -0.39 is 0 Å². The fraction of sp³-hybridized carbons (Fsp3) is 0.280. The maximum absolute atomic E-state index is 10.1. The van der Waals surface area contributed by atoms with E-state index in [1.807, 2.05) is 30.3 Å². The molecule has 1 aliphatic heterocycles. The zero-order chi connectivity index (χ0) is 19.5. The molecule has 0 radical (unpaired) electrons. The molecule has 28 heavy (non-hydrogen) atoms. The summed E-state index contributed by atoms with van der Waals surface area (Å²) in [5.41, 5.74) is 3.44. The molecule has 0 amide bonds. The van der Waals surface area contributed by atoms with Gasteiger partial charge in [-0.1, -0.05) is 55.8 Å². The van der Waals surface area contributed by atoms with Crippen LogP contribution in [0.1, 0.15) is 48.5 Å². The van der Waals surface area contributed by atoms with Gasteiger partial charge in [-0.05, 0) is 60.2 Å². The van der Waals surface area contributed by atoms with Crippen molar-refractivity contribution in [3.63, 3.8) is 0 Å². The van der Waals surface area contributed by atoms with E-state index in [9.17, 15) is 10.2 Å². The minimum atomic E-state index is -0.0775. The molecule has 2 N–H and O–H groups in total. The number of hydrogen-bond acceptors (Lipinski definition) is 3. The van der Waals surface area contributed by atoms with Crippen LogP contribution in [-0.4, -0.2) is 10.2 Å². The third-order valence-electron chi connectivity index (χ3n) is 5.69. The van der Waals surface area contributed by atoms with Crippen molar-refractivity contribution >= 4 is 0 Å². The minimum absolute atomic E-state index is 0.0775. The fourth-order valence-electron chi connectivity index (χ4n) is 4.39. The topological polar surface area (TPSA) is 49.7 Å². The van der Waals surface area contributed by atoms with Gasteiger partial charge in [0, 0.05) is 11.5 Å². The van der Waals surface area contributed by atoms with Gasteiger partial charge >= 0.3 is 0 Å². The Morgan fingerprint density at radius 1 is 0.857 bits per heavy atom. The van der Waals surface area contributed by atoms with Crippen molar-refractivity contribution in [1.29, 1.82) is 0 Å². The van der Waals surface area contributed by atoms with E-state index in [2.05, 4.69) is 31.2 Å². The Kier molecular flexibility index (Phi) is 5.25. The maximum atomic E-state index is 10.1. The standard InChI is InChI=1S/C25H26O3/c1-2-6-21-22(15-17-7-4-3-5-8-17)23-16-20(27)13-14-24(23)28-25(21)18-9-11-19(26)12-10-18/h3-5,7-14,16,21-22,25-27H,2,6,15H2,1H3/t21-,22?,25?/m1/s1. The number of benzene rings is 3. The normalized spacial score (nSPS) is 21.0. The van der Waals surface area contributed by atoms with Gasteiger partial charge in [0.2, 0.25) is 0 Å². The molecule has 0 spiro atoms. The van der Waals surface area contributed by atoms with Gasteiger partial charge in [0.25, 0.3) is 0 Å². The minimum Gasteiger partial charge on any atom is -0.508 e. The van der Waals surface area contributed by atoms with E-state index in [-0.39, 0.29) is 29.4 Å². The molecule has 3 aromatic carbocycles. The van der Waals surface area contributed by atoms with Gasteiger partial charge in [0.1, 0.15) is 23.4 Å². The number of fused-ring (bicyclic) bond motifs is 1. The summed E-state index contributed by atoms with van der Waals surface area (Å²) >= 11 is 0. The van der Waals surface area contributed by atoms with E-state index >= 15 is 0 Å². The maximum Gasteiger partial charge on any atom is 0.127 e. The molecule has 3 aromatic rings. The summed E-state index contributed by atoms with van der Waals surface area (Å²) in [4.78, 5) is 0. The highest BCUT2D eigenvalue weighted by molar-refractivity contribution is 5.46. The third-order valence-corrected chi connectivity index (χ3v) is 5.69. The van der Waals surface area contributed by atoms with Crippen molar-refractivity contribution in [3.05, 3.63) is 89.5 Å². The summed E-state index contributed by atoms with van der Waals surface area (Å²) in [5, 5.41) is 19.8. The Hall–Kier alpha value is -2.94. The van der Waals surface area contributed by atoms with Gasteiger partial charge in [0.05, 0.1) is 0 Å². The van der Waals surface area contributed by atoms with E-state index in [4.69, 9.17) is 4.74 Å². The summed E-state index contributed by atoms with van der Waals surface area (Å²) in [6.07, 6.45) is 2.91. The molecule has 4 rings (SSSR count). The van der Waals surface area contributed by atoms with Crippen molar-refractivity contribution < 1.29 is 14.9 Å². The van der Waals surface area contributed by atoms with Crippen molar-refractivity contribution in [1.82, 2.24) is 0 Å². The van der Waals surface area contributed by atoms with Gasteiger partial charge in [-0.3, -0.25) is 0 Å². The number of rotatable bonds is 5. The monoisotopic (exact) mass is 374 g/mol. The molecule has 0 aliphatic carbocycles. The average molecular weight is 374 g/mol. The Labute approximate surface area is 166 Å². The molecule has 2 unspecified atom stereocenters. The number of aromatic hydroxyl groups is 2. The van der Waals surface area contributed by atoms with Crippen LogP contribution in [0.5, 0.6) is 17.2 Å². The van der Waals surface area contributed by atoms with Gasteiger partial charge in [-0.2, -0.15) is 0 Å². The molecular weight excluding hydrogens is 348 g/mol. The van der Waals surface area contributed by atoms with Crippen LogP contribution in [0, 0.1) is 5.92 Å². The molecule has 3 heteroatoms. The first-order valence-corrected chi connectivity index (χ1v) is 9.98. The predicted molar refractivity (Wildman–Crippen MR) is 111 cm³/mol. The molecule has 3 atom stereocenters. The van der Waals surface area contributed by atoms with Crippen molar-refractivity contribution in [3.8, 4) is 17.2 Å². The lowest BCUT2D eigenvalue weighted by atomic mass is 9.73. The molecule has 0 saturated carbocycles. The van der Waals surface area contributed by atoms with Crippen LogP contribution >= 0.6 is 0 Å². The summed E-state index contributed by atoms with van der Waals surface area (Å²) in [6, 6.07) is 23.3. The van der Waals surface area contributed by atoms with E-state index in [1.165, 1.54) is 5.56 Å². The average Bonchev–Trinajstić information content (AvgIpc) is 2.71. The highest BCUT2D eigenvalue weighted by Gasteiger charge is 2.38. The Balaban J connectivity index is 1.79. The Morgan fingerprint density at radius 3 is 2.29 bits per heavy atom. The Morgan fingerprint density at radius 2 is 1.57 bits per heavy atom. The van der Waals surface area contributed by atoms with Crippen molar-refractivity contribution in [2.45, 2.75) is 38.2 Å². The van der Waals surface area contributed by atoms with Gasteiger partial charge in [-0.15, -0.1) is 0 Å². The Bertz CT molecular complexity index is 918. The van der Waals surface area contributed by atoms with Crippen molar-refractivity contribution in [2.24, 2.45) is 5.92 Å². The van der Waals surface area contributed by atoms with Crippen molar-refractivity contribution in [2.75, 3.05) is 0 Å². The lowest BCUT2D eigenvalue weighted by Gasteiger charge is -2.40. The summed E-state index contributed by atoms with van der Waals surface area (Å²) in [5.74, 6) is 1.90. The quantitative estimate of drug-likeness (QED) is 0.578. The lowest BCUT2D eigenvalue weighted by molar-refractivity contribution is 0.0844. The molecule has 0 aromatic heterocycles. The first kappa shape index (κ1) is 18.4. The van der Waals surface area contributed by atoms with E-state index in [0.29, 0.717) is 0 Å². The molecule has 0 bridgehead atoms. The molecule has 0 saturated heterocycles. The molecule has 3 nitrogen and oxygen atoms in total. The smallest absolute Gasteiger partial charge is 0.127 e. The van der Waals surface area contributed by atoms with Crippen LogP contribution in [0.4, 0.5) is 0 Å². The highest BCUT2D eigenvalue weighted by Crippen LogP contribution is 2.50. The summed E-state index contributed by atoms with van der Waals surface area (Å²) < 4.78 is 6.45. The number of hydrogen-bond donors (Lipinski definition) is 2. The second kappa shape index (κ2) is 7.97. The SMILES string of the molecule is CCC[C@@H]1C(Cc2ccccc2)c2cc(O)ccc2OC1c1ccc(O)cc1. The van der Waals surface area contributed by atoms with Crippen LogP contribution in [0.3, 0.4) is 0 Å². The zero-order valence-electron chi connectivity index (χ0n) is 16.1. The van der Waals surface area contributed by atoms with Crippen LogP contribution in [0.15, 0.2) is 72.8 Å². The molecule has 144 valence electrons. The molecule has 1 aliphatic rings. The third kappa shape index (κ3) is 3.70. The highest BCUT2D eigenvalue weighted by atomic mass is 16.5. The second-order valence-corrected chi connectivity index (χ2v) is 7.60. The van der Waals surface area contributed by atoms with Gasteiger partial charge in [-0.25, -0.2) is 0 Å². The van der Waals surface area contributed by atoms with Gasteiger partial charge < -0.3 is 14.9 Å². The first-order valence-electron chi connectivity index (χ1n) is 9.98. The summed E-state index contributed by atoms with van der Waals surface area (Å²) in [7, 11) is 0. The van der Waals surface area contributed by atoms with E-state index in [0.717, 1.165) is 36.1 Å².